The number of ketones is 1. The number of hydrogen-bond acceptors (Lipinski definition) is 2. The summed E-state index contributed by atoms with van der Waals surface area (Å²) in [5.74, 6) is -0.238. The first-order chi connectivity index (χ1) is 7.40. The summed E-state index contributed by atoms with van der Waals surface area (Å²) in [5.41, 5.74) is 1.73. The first-order valence-corrected chi connectivity index (χ1v) is 5.30. The third-order valence-corrected chi connectivity index (χ3v) is 3.55. The molecule has 3 nitrogen and oxygen atoms in total. The number of aryl methyl sites for hydroxylation is 1. The van der Waals surface area contributed by atoms with Crippen LogP contribution in [0.1, 0.15) is 25.0 Å². The van der Waals surface area contributed by atoms with Crippen molar-refractivity contribution in [2.75, 3.05) is 11.9 Å². The van der Waals surface area contributed by atoms with Crippen molar-refractivity contribution in [2.45, 2.75) is 26.2 Å². The maximum absolute atomic E-state index is 12.2. The first-order valence-electron chi connectivity index (χ1n) is 5.30. The molecule has 1 aromatic rings. The molecular weight excluding hydrogens is 202 g/mol. The van der Waals surface area contributed by atoms with Crippen LogP contribution in [0.25, 0.3) is 0 Å². The van der Waals surface area contributed by atoms with E-state index in [1.54, 1.807) is 18.9 Å². The van der Waals surface area contributed by atoms with Gasteiger partial charge in [0.05, 0.1) is 5.69 Å². The van der Waals surface area contributed by atoms with E-state index in [-0.39, 0.29) is 11.7 Å². The quantitative estimate of drug-likeness (QED) is 0.673. The minimum absolute atomic E-state index is 0.103. The molecule has 1 atom stereocenters. The number of carbonyl (C=O) groups is 2. The molecule has 0 radical (unpaired) electrons. The maximum Gasteiger partial charge on any atom is 0.244 e. The lowest BCUT2D eigenvalue weighted by Crippen LogP contribution is -2.41. The molecule has 0 N–H and O–H groups in total. The van der Waals surface area contributed by atoms with E-state index in [0.717, 1.165) is 16.8 Å². The van der Waals surface area contributed by atoms with Gasteiger partial charge >= 0.3 is 0 Å². The van der Waals surface area contributed by atoms with Crippen molar-refractivity contribution < 1.29 is 9.59 Å². The standard InChI is InChI=1S/C13H15NO2/c1-8-6-5-7-10-11(8)14(4)12(16)13(10,3)9(2)15/h5-7H,1-4H3. The molecule has 0 fully saturated rings. The number of benzene rings is 1. The molecule has 1 amide bonds. The number of carbonyl (C=O) groups excluding carboxylic acids is 2. The summed E-state index contributed by atoms with van der Waals surface area (Å²) in [4.78, 5) is 25.5. The van der Waals surface area contributed by atoms with E-state index in [9.17, 15) is 9.59 Å². The minimum atomic E-state index is -1.00. The predicted molar refractivity (Wildman–Crippen MR) is 62.6 cm³/mol. The Morgan fingerprint density at radius 2 is 2.00 bits per heavy atom. The number of para-hydroxylation sites is 1. The van der Waals surface area contributed by atoms with Gasteiger partial charge in [-0.15, -0.1) is 0 Å². The third-order valence-electron chi connectivity index (χ3n) is 3.55. The van der Waals surface area contributed by atoms with Crippen molar-refractivity contribution in [3.63, 3.8) is 0 Å². The Morgan fingerprint density at radius 1 is 1.38 bits per heavy atom. The number of likely N-dealkylation sites (N-methyl/N-ethyl adjacent to an activating group) is 1. The van der Waals surface area contributed by atoms with E-state index in [0.29, 0.717) is 0 Å². The van der Waals surface area contributed by atoms with Gasteiger partial charge in [-0.2, -0.15) is 0 Å². The van der Waals surface area contributed by atoms with Crippen LogP contribution in [0.5, 0.6) is 0 Å². The Morgan fingerprint density at radius 3 is 2.56 bits per heavy atom. The summed E-state index contributed by atoms with van der Waals surface area (Å²) in [6.07, 6.45) is 0. The molecule has 3 heteroatoms. The van der Waals surface area contributed by atoms with Crippen LogP contribution >= 0.6 is 0 Å². The molecule has 1 aromatic carbocycles. The van der Waals surface area contributed by atoms with Gasteiger partial charge < -0.3 is 4.90 Å². The molecule has 2 rings (SSSR count). The van der Waals surface area contributed by atoms with Gasteiger partial charge in [0.2, 0.25) is 5.91 Å². The van der Waals surface area contributed by atoms with Crippen molar-refractivity contribution in [2.24, 2.45) is 0 Å². The van der Waals surface area contributed by atoms with Crippen molar-refractivity contribution >= 4 is 17.4 Å². The number of Topliss-reactive ketones (excluding diaryl/α,β-unsaturated/α-hetero) is 1. The maximum atomic E-state index is 12.2. The molecule has 0 saturated carbocycles. The van der Waals surface area contributed by atoms with Crippen molar-refractivity contribution in [1.82, 2.24) is 0 Å². The zero-order valence-electron chi connectivity index (χ0n) is 10.00. The Bertz CT molecular complexity index is 493. The lowest BCUT2D eigenvalue weighted by Gasteiger charge is -2.19. The lowest BCUT2D eigenvalue weighted by atomic mass is 9.80. The number of hydrogen-bond donors (Lipinski definition) is 0. The normalized spacial score (nSPS) is 23.5. The molecule has 0 aliphatic carbocycles. The fourth-order valence-corrected chi connectivity index (χ4v) is 2.40. The summed E-state index contributed by atoms with van der Waals surface area (Å²) >= 11 is 0. The number of amides is 1. The Balaban J connectivity index is 2.78. The minimum Gasteiger partial charge on any atom is -0.314 e. The molecule has 1 aliphatic heterocycles. The first kappa shape index (κ1) is 10.9. The molecule has 0 aromatic heterocycles. The highest BCUT2D eigenvalue weighted by Crippen LogP contribution is 2.43. The van der Waals surface area contributed by atoms with E-state index in [1.807, 2.05) is 25.1 Å². The Hall–Kier alpha value is -1.64. The van der Waals surface area contributed by atoms with E-state index < -0.39 is 5.41 Å². The van der Waals surface area contributed by atoms with Crippen LogP contribution in [0.15, 0.2) is 18.2 Å². The summed E-state index contributed by atoms with van der Waals surface area (Å²) in [5, 5.41) is 0. The van der Waals surface area contributed by atoms with Gasteiger partial charge in [0, 0.05) is 7.05 Å². The number of fused-ring (bicyclic) bond motifs is 1. The topological polar surface area (TPSA) is 37.4 Å². The number of anilines is 1. The van der Waals surface area contributed by atoms with E-state index >= 15 is 0 Å². The van der Waals surface area contributed by atoms with Gasteiger partial charge in [-0.05, 0) is 31.9 Å². The van der Waals surface area contributed by atoms with Crippen LogP contribution in [0.4, 0.5) is 5.69 Å². The van der Waals surface area contributed by atoms with E-state index in [2.05, 4.69) is 0 Å². The van der Waals surface area contributed by atoms with Crippen molar-refractivity contribution in [1.29, 1.82) is 0 Å². The summed E-state index contributed by atoms with van der Waals surface area (Å²) in [7, 11) is 1.72. The summed E-state index contributed by atoms with van der Waals surface area (Å²) in [6.45, 7) is 5.14. The molecular formula is C13H15NO2. The molecule has 1 unspecified atom stereocenters. The molecule has 0 saturated heterocycles. The Kier molecular flexibility index (Phi) is 2.15. The van der Waals surface area contributed by atoms with Gasteiger partial charge in [0.15, 0.2) is 0 Å². The molecule has 1 heterocycles. The van der Waals surface area contributed by atoms with Gasteiger partial charge in [0.25, 0.3) is 0 Å². The molecule has 1 aliphatic rings. The summed E-state index contributed by atoms with van der Waals surface area (Å²) < 4.78 is 0. The molecule has 16 heavy (non-hydrogen) atoms. The second kappa shape index (κ2) is 3.17. The van der Waals surface area contributed by atoms with Gasteiger partial charge in [0.1, 0.15) is 11.2 Å². The van der Waals surface area contributed by atoms with Gasteiger partial charge in [-0.25, -0.2) is 0 Å². The monoisotopic (exact) mass is 217 g/mol. The average molecular weight is 217 g/mol. The zero-order valence-corrected chi connectivity index (χ0v) is 10.00. The van der Waals surface area contributed by atoms with E-state index in [4.69, 9.17) is 0 Å². The van der Waals surface area contributed by atoms with Crippen LogP contribution in [-0.2, 0) is 15.0 Å². The van der Waals surface area contributed by atoms with Crippen LogP contribution in [-0.4, -0.2) is 18.7 Å². The average Bonchev–Trinajstić information content (AvgIpc) is 2.43. The number of nitrogens with zero attached hydrogens (tertiary/aromatic N) is 1. The van der Waals surface area contributed by atoms with Crippen LogP contribution in [0, 0.1) is 6.92 Å². The molecule has 0 bridgehead atoms. The van der Waals surface area contributed by atoms with Crippen molar-refractivity contribution in [3.8, 4) is 0 Å². The van der Waals surface area contributed by atoms with Crippen LogP contribution in [0.2, 0.25) is 0 Å². The Labute approximate surface area is 95.1 Å². The second-order valence-electron chi connectivity index (χ2n) is 4.52. The zero-order chi connectivity index (χ0) is 12.1. The second-order valence-corrected chi connectivity index (χ2v) is 4.52. The summed E-state index contributed by atoms with van der Waals surface area (Å²) in [6, 6.07) is 5.71. The van der Waals surface area contributed by atoms with Gasteiger partial charge in [-0.1, -0.05) is 18.2 Å². The fourth-order valence-electron chi connectivity index (χ4n) is 2.40. The van der Waals surface area contributed by atoms with Crippen LogP contribution < -0.4 is 4.90 Å². The highest BCUT2D eigenvalue weighted by Gasteiger charge is 2.49. The highest BCUT2D eigenvalue weighted by molar-refractivity contribution is 6.21. The van der Waals surface area contributed by atoms with E-state index in [1.165, 1.54) is 6.92 Å². The molecule has 0 spiro atoms. The predicted octanol–water partition coefficient (Wildman–Crippen LogP) is 1.82. The van der Waals surface area contributed by atoms with Gasteiger partial charge in [-0.3, -0.25) is 9.59 Å². The smallest absolute Gasteiger partial charge is 0.244 e. The fraction of sp³-hybridized carbons (Fsp3) is 0.385. The SMILES string of the molecule is CC(=O)C1(C)C(=O)N(C)c2c(C)cccc21. The van der Waals surface area contributed by atoms with Crippen molar-refractivity contribution in [3.05, 3.63) is 29.3 Å². The lowest BCUT2D eigenvalue weighted by molar-refractivity contribution is -0.132. The largest absolute Gasteiger partial charge is 0.314 e. The molecule has 84 valence electrons. The third kappa shape index (κ3) is 1.08. The highest BCUT2D eigenvalue weighted by atomic mass is 16.2. The van der Waals surface area contributed by atoms with Crippen LogP contribution in [0.3, 0.4) is 0 Å². The number of rotatable bonds is 1.